The zero-order chi connectivity index (χ0) is 19.1. The minimum absolute atomic E-state index is 0.321. The van der Waals surface area contributed by atoms with Gasteiger partial charge in [-0.25, -0.2) is 0 Å². The maximum atomic E-state index is 12.5. The van der Waals surface area contributed by atoms with E-state index in [1.54, 1.807) is 0 Å². The number of aliphatic carboxylic acids is 1. The summed E-state index contributed by atoms with van der Waals surface area (Å²) in [6, 6.07) is 9.64. The Labute approximate surface area is 147 Å². The molecule has 0 radical (unpaired) electrons. The lowest BCUT2D eigenvalue weighted by Crippen LogP contribution is -2.17. The number of alkyl halides is 3. The first-order valence-corrected chi connectivity index (χ1v) is 7.84. The largest absolute Gasteiger partial charge is 0.573 e. The number of carboxylic acids is 1. The normalized spacial score (nSPS) is 11.7. The van der Waals surface area contributed by atoms with Gasteiger partial charge in [0.15, 0.2) is 0 Å². The molecule has 1 aromatic heterocycles. The summed E-state index contributed by atoms with van der Waals surface area (Å²) in [5.74, 6) is -1.46. The highest BCUT2D eigenvalue weighted by Crippen LogP contribution is 2.35. The van der Waals surface area contributed by atoms with Crippen LogP contribution in [-0.2, 0) is 11.2 Å². The highest BCUT2D eigenvalue weighted by molar-refractivity contribution is 5.95. The molecular weight excluding hydrogens is 347 g/mol. The minimum Gasteiger partial charge on any atom is -0.481 e. The predicted molar refractivity (Wildman–Crippen MR) is 91.2 cm³/mol. The molecule has 0 spiro atoms. The molecule has 0 atom stereocenters. The zero-order valence-electron chi connectivity index (χ0n) is 14.1. The topological polar surface area (TPSA) is 62.3 Å². The van der Waals surface area contributed by atoms with Gasteiger partial charge in [-0.2, -0.15) is 0 Å². The van der Waals surface area contributed by atoms with Gasteiger partial charge in [0.2, 0.25) is 0 Å². The number of fused-ring (bicyclic) bond motifs is 1. The average molecular weight is 363 g/mol. The van der Waals surface area contributed by atoms with Crippen LogP contribution < -0.4 is 4.74 Å². The van der Waals surface area contributed by atoms with Crippen LogP contribution in [0.5, 0.6) is 5.75 Å². The Bertz CT molecular complexity index is 990. The summed E-state index contributed by atoms with van der Waals surface area (Å²) in [5.41, 5.74) is 4.30. The lowest BCUT2D eigenvalue weighted by Gasteiger charge is -2.09. The summed E-state index contributed by atoms with van der Waals surface area (Å²) in [5, 5.41) is 9.66. The third-order valence-electron chi connectivity index (χ3n) is 4.10. The molecule has 3 aromatic rings. The Morgan fingerprint density at radius 3 is 2.54 bits per heavy atom. The molecule has 0 aliphatic heterocycles. The fourth-order valence-electron chi connectivity index (χ4n) is 2.99. The molecule has 1 heterocycles. The van der Waals surface area contributed by atoms with E-state index in [-0.39, 0.29) is 12.2 Å². The van der Waals surface area contributed by atoms with Crippen LogP contribution >= 0.6 is 0 Å². The van der Waals surface area contributed by atoms with Gasteiger partial charge in [0, 0.05) is 16.5 Å². The van der Waals surface area contributed by atoms with Gasteiger partial charge in [-0.05, 0) is 49.2 Å². The lowest BCUT2D eigenvalue weighted by atomic mass is 9.97. The number of carboxylic acid groups (broad SMARTS) is 1. The summed E-state index contributed by atoms with van der Waals surface area (Å²) in [6.45, 7) is 3.81. The van der Waals surface area contributed by atoms with Crippen molar-refractivity contribution in [2.24, 2.45) is 0 Å². The van der Waals surface area contributed by atoms with Gasteiger partial charge >= 0.3 is 12.3 Å². The number of rotatable bonds is 4. The number of benzene rings is 2. The Morgan fingerprint density at radius 2 is 1.88 bits per heavy atom. The van der Waals surface area contributed by atoms with Crippen molar-refractivity contribution in [3.63, 3.8) is 0 Å². The first-order valence-electron chi connectivity index (χ1n) is 7.84. The van der Waals surface area contributed by atoms with Crippen LogP contribution in [-0.4, -0.2) is 22.4 Å². The second-order valence-electron chi connectivity index (χ2n) is 6.12. The summed E-state index contributed by atoms with van der Waals surface area (Å²) in [7, 11) is 0. The molecule has 0 saturated heterocycles. The smallest absolute Gasteiger partial charge is 0.481 e. The monoisotopic (exact) mass is 363 g/mol. The molecule has 7 heteroatoms. The molecule has 0 unspecified atom stereocenters. The van der Waals surface area contributed by atoms with E-state index in [9.17, 15) is 23.1 Å². The number of carbonyl (C=O) groups is 1. The molecule has 4 nitrogen and oxygen atoms in total. The van der Waals surface area contributed by atoms with E-state index in [0.29, 0.717) is 22.2 Å². The van der Waals surface area contributed by atoms with E-state index < -0.39 is 12.3 Å². The molecule has 2 N–H and O–H groups in total. The Balaban J connectivity index is 2.22. The van der Waals surface area contributed by atoms with Crippen molar-refractivity contribution < 1.29 is 27.8 Å². The number of ether oxygens (including phenoxy) is 1. The highest BCUT2D eigenvalue weighted by Gasteiger charge is 2.31. The van der Waals surface area contributed by atoms with Gasteiger partial charge in [0.25, 0.3) is 0 Å². The molecule has 0 bridgehead atoms. The van der Waals surface area contributed by atoms with Crippen molar-refractivity contribution in [2.75, 3.05) is 0 Å². The molecule has 136 valence electrons. The van der Waals surface area contributed by atoms with Crippen LogP contribution in [0, 0.1) is 13.8 Å². The second kappa shape index (κ2) is 6.40. The van der Waals surface area contributed by atoms with Gasteiger partial charge in [-0.15, -0.1) is 13.2 Å². The standard InChI is InChI=1S/C19H16F3NO3/c1-10-3-4-11(2)13(7-10)18-15(9-17(24)25)14-8-12(26-19(20,21)22)5-6-16(14)23-18/h3-8,23H,9H2,1-2H3,(H,24,25). The summed E-state index contributed by atoms with van der Waals surface area (Å²) >= 11 is 0. The Kier molecular flexibility index (Phi) is 4.39. The van der Waals surface area contributed by atoms with E-state index in [1.807, 2.05) is 32.0 Å². The Hall–Kier alpha value is -2.96. The zero-order valence-corrected chi connectivity index (χ0v) is 14.1. The second-order valence-corrected chi connectivity index (χ2v) is 6.12. The Morgan fingerprint density at radius 1 is 1.15 bits per heavy atom. The fraction of sp³-hybridized carbons (Fsp3) is 0.211. The lowest BCUT2D eigenvalue weighted by molar-refractivity contribution is -0.274. The van der Waals surface area contributed by atoms with E-state index in [0.717, 1.165) is 16.7 Å². The van der Waals surface area contributed by atoms with E-state index >= 15 is 0 Å². The first kappa shape index (κ1) is 17.8. The SMILES string of the molecule is Cc1ccc(C)c(-c2[nH]c3ccc(OC(F)(F)F)cc3c2CC(=O)O)c1. The predicted octanol–water partition coefficient (Wildman–Crippen LogP) is 4.98. The van der Waals surface area contributed by atoms with Crippen LogP contribution in [0.15, 0.2) is 36.4 Å². The number of halogens is 3. The van der Waals surface area contributed by atoms with Crippen molar-refractivity contribution in [3.8, 4) is 17.0 Å². The third-order valence-corrected chi connectivity index (χ3v) is 4.10. The van der Waals surface area contributed by atoms with Crippen LogP contribution in [0.25, 0.3) is 22.2 Å². The molecular formula is C19H16F3NO3. The number of nitrogens with one attached hydrogen (secondary N) is 1. The van der Waals surface area contributed by atoms with Crippen molar-refractivity contribution in [1.29, 1.82) is 0 Å². The molecule has 0 aliphatic rings. The fourth-order valence-corrected chi connectivity index (χ4v) is 2.99. The van der Waals surface area contributed by atoms with Crippen LogP contribution in [0.1, 0.15) is 16.7 Å². The van der Waals surface area contributed by atoms with Gasteiger partial charge in [-0.3, -0.25) is 4.79 Å². The van der Waals surface area contributed by atoms with Crippen molar-refractivity contribution in [2.45, 2.75) is 26.6 Å². The number of aromatic nitrogens is 1. The minimum atomic E-state index is -4.81. The van der Waals surface area contributed by atoms with Crippen LogP contribution in [0.4, 0.5) is 13.2 Å². The van der Waals surface area contributed by atoms with Gasteiger partial charge in [0.1, 0.15) is 5.75 Å². The first-order chi connectivity index (χ1) is 12.1. The summed E-state index contributed by atoms with van der Waals surface area (Å²) in [4.78, 5) is 14.5. The van der Waals surface area contributed by atoms with Crippen LogP contribution in [0.3, 0.4) is 0 Å². The molecule has 3 rings (SSSR count). The van der Waals surface area contributed by atoms with Crippen molar-refractivity contribution in [3.05, 3.63) is 53.1 Å². The van der Waals surface area contributed by atoms with E-state index in [2.05, 4.69) is 9.72 Å². The van der Waals surface area contributed by atoms with E-state index in [4.69, 9.17) is 0 Å². The summed E-state index contributed by atoms with van der Waals surface area (Å²) < 4.78 is 41.5. The highest BCUT2D eigenvalue weighted by atomic mass is 19.4. The maximum Gasteiger partial charge on any atom is 0.573 e. The number of H-pyrrole nitrogens is 1. The molecule has 0 fully saturated rings. The molecule has 26 heavy (non-hydrogen) atoms. The molecule has 2 aromatic carbocycles. The quantitative estimate of drug-likeness (QED) is 0.687. The third kappa shape index (κ3) is 3.66. The number of aryl methyl sites for hydroxylation is 2. The maximum absolute atomic E-state index is 12.5. The number of hydrogen-bond acceptors (Lipinski definition) is 2. The molecule has 0 amide bonds. The van der Waals surface area contributed by atoms with Gasteiger partial charge in [0.05, 0.1) is 12.1 Å². The number of aromatic amines is 1. The summed E-state index contributed by atoms with van der Waals surface area (Å²) in [6.07, 6.45) is -5.13. The van der Waals surface area contributed by atoms with Crippen molar-refractivity contribution >= 4 is 16.9 Å². The van der Waals surface area contributed by atoms with E-state index in [1.165, 1.54) is 18.2 Å². The van der Waals surface area contributed by atoms with Crippen LogP contribution in [0.2, 0.25) is 0 Å². The van der Waals surface area contributed by atoms with Crippen molar-refractivity contribution in [1.82, 2.24) is 4.98 Å². The van der Waals surface area contributed by atoms with Gasteiger partial charge in [-0.1, -0.05) is 17.7 Å². The molecule has 0 aliphatic carbocycles. The van der Waals surface area contributed by atoms with Gasteiger partial charge < -0.3 is 14.8 Å². The molecule has 0 saturated carbocycles. The average Bonchev–Trinajstić information content (AvgIpc) is 2.85. The number of hydrogen-bond donors (Lipinski definition) is 2.